The van der Waals surface area contributed by atoms with Gasteiger partial charge in [0.15, 0.2) is 15.9 Å². The molecular formula is C11H12N2O3S. The maximum atomic E-state index is 11.8. The van der Waals surface area contributed by atoms with Crippen LogP contribution >= 0.6 is 0 Å². The van der Waals surface area contributed by atoms with Gasteiger partial charge in [-0.2, -0.15) is 5.26 Å². The lowest BCUT2D eigenvalue weighted by molar-refractivity contribution is -0.111. The molecule has 1 amide bonds. The molecule has 1 aromatic rings. The summed E-state index contributed by atoms with van der Waals surface area (Å²) in [5, 5.41) is 10.1. The minimum Gasteiger partial charge on any atom is -0.313 e. The summed E-state index contributed by atoms with van der Waals surface area (Å²) < 4.78 is 23.6. The van der Waals surface area contributed by atoms with E-state index in [-0.39, 0.29) is 4.90 Å². The molecule has 0 radical (unpaired) electrons. The molecule has 0 heterocycles. The number of hydrogen-bond donors (Lipinski definition) is 1. The van der Waals surface area contributed by atoms with E-state index in [1.54, 1.807) is 13.8 Å². The quantitative estimate of drug-likeness (QED) is 0.822. The Morgan fingerprint density at radius 2 is 1.82 bits per heavy atom. The van der Waals surface area contributed by atoms with E-state index < -0.39 is 21.0 Å². The van der Waals surface area contributed by atoms with Gasteiger partial charge in [-0.3, -0.25) is 4.79 Å². The summed E-state index contributed by atoms with van der Waals surface area (Å²) in [5.41, 5.74) is 0.388. The van der Waals surface area contributed by atoms with Gasteiger partial charge in [-0.25, -0.2) is 8.42 Å². The van der Waals surface area contributed by atoms with Gasteiger partial charge in [0.25, 0.3) is 0 Å². The van der Waals surface area contributed by atoms with Gasteiger partial charge in [0.2, 0.25) is 0 Å². The average Bonchev–Trinajstić information content (AvgIpc) is 2.29. The Hall–Kier alpha value is -1.87. The number of carbonyl (C=O) groups excluding carboxylic acids is 1. The monoisotopic (exact) mass is 252 g/mol. The highest BCUT2D eigenvalue weighted by Crippen LogP contribution is 2.18. The molecule has 1 aromatic carbocycles. The summed E-state index contributed by atoms with van der Waals surface area (Å²) in [6.07, 6.45) is 0. The van der Waals surface area contributed by atoms with Crippen molar-refractivity contribution in [3.63, 3.8) is 0 Å². The minimum atomic E-state index is -3.31. The molecule has 0 bridgehead atoms. The van der Waals surface area contributed by atoms with Crippen LogP contribution in [0.25, 0.3) is 0 Å². The lowest BCUT2D eigenvalue weighted by Crippen LogP contribution is -2.14. The molecule has 1 rings (SSSR count). The predicted octanol–water partition coefficient (Wildman–Crippen LogP) is 1.33. The van der Waals surface area contributed by atoms with Crippen LogP contribution in [0.2, 0.25) is 0 Å². The fraction of sp³-hybridized carbons (Fsp3) is 0.273. The third kappa shape index (κ3) is 3.04. The number of anilines is 1. The van der Waals surface area contributed by atoms with Crippen LogP contribution < -0.4 is 5.32 Å². The minimum absolute atomic E-state index is 0.197. The Balaban J connectivity index is 2.98. The van der Waals surface area contributed by atoms with Gasteiger partial charge in [0, 0.05) is 5.69 Å². The van der Waals surface area contributed by atoms with Crippen molar-refractivity contribution in [1.82, 2.24) is 0 Å². The fourth-order valence-corrected chi connectivity index (χ4v) is 2.22. The molecule has 0 aliphatic rings. The van der Waals surface area contributed by atoms with Gasteiger partial charge in [-0.1, -0.05) is 0 Å². The zero-order chi connectivity index (χ0) is 13.1. The van der Waals surface area contributed by atoms with Crippen molar-refractivity contribution in [3.8, 4) is 6.07 Å². The second-order valence-corrected chi connectivity index (χ2v) is 6.19. The van der Waals surface area contributed by atoms with E-state index in [1.165, 1.54) is 30.3 Å². The predicted molar refractivity (Wildman–Crippen MR) is 63.0 cm³/mol. The van der Waals surface area contributed by atoms with Gasteiger partial charge < -0.3 is 5.32 Å². The first-order valence-electron chi connectivity index (χ1n) is 4.93. The molecule has 0 spiro atoms. The van der Waals surface area contributed by atoms with Gasteiger partial charge in [0.1, 0.15) is 0 Å². The lowest BCUT2D eigenvalue weighted by Gasteiger charge is -2.08. The van der Waals surface area contributed by atoms with E-state index in [9.17, 15) is 13.2 Å². The van der Waals surface area contributed by atoms with Crippen molar-refractivity contribution < 1.29 is 13.2 Å². The number of hydrogen-bond acceptors (Lipinski definition) is 4. The number of nitrogens with one attached hydrogen (secondary N) is 1. The summed E-state index contributed by atoms with van der Waals surface area (Å²) in [6, 6.07) is 7.12. The second-order valence-electron chi connectivity index (χ2n) is 3.68. The number of nitrogens with zero attached hydrogens (tertiary/aromatic N) is 1. The molecule has 17 heavy (non-hydrogen) atoms. The molecule has 90 valence electrons. The molecule has 0 aliphatic heterocycles. The molecule has 6 heteroatoms. The topological polar surface area (TPSA) is 87.0 Å². The summed E-state index contributed by atoms with van der Waals surface area (Å²) in [5.74, 6) is -0.788. The molecule has 0 fully saturated rings. The number of nitriles is 1. The highest BCUT2D eigenvalue weighted by Gasteiger charge is 2.18. The van der Waals surface area contributed by atoms with Gasteiger partial charge in [-0.05, 0) is 38.1 Å². The van der Waals surface area contributed by atoms with Gasteiger partial charge in [-0.15, -0.1) is 0 Å². The van der Waals surface area contributed by atoms with Crippen molar-refractivity contribution in [2.75, 3.05) is 5.32 Å². The first kappa shape index (κ1) is 13.2. The lowest BCUT2D eigenvalue weighted by atomic mass is 10.3. The number of amides is 1. The SMILES string of the molecule is CC(C)S(=O)(=O)c1ccc(NC(=O)C#N)cc1. The standard InChI is InChI=1S/C11H12N2O3S/c1-8(2)17(15,16)10-5-3-9(4-6-10)13-11(14)7-12/h3-6,8H,1-2H3,(H,13,14). The Kier molecular flexibility index (Phi) is 3.86. The number of rotatable bonds is 3. The van der Waals surface area contributed by atoms with E-state index in [4.69, 9.17) is 5.26 Å². The van der Waals surface area contributed by atoms with Crippen LogP contribution in [-0.4, -0.2) is 19.6 Å². The van der Waals surface area contributed by atoms with Crippen LogP contribution in [0.3, 0.4) is 0 Å². The van der Waals surface area contributed by atoms with E-state index in [0.717, 1.165) is 0 Å². The van der Waals surface area contributed by atoms with E-state index in [0.29, 0.717) is 5.69 Å². The third-order valence-corrected chi connectivity index (χ3v) is 4.33. The Morgan fingerprint density at radius 1 is 1.29 bits per heavy atom. The van der Waals surface area contributed by atoms with E-state index in [1.807, 2.05) is 0 Å². The van der Waals surface area contributed by atoms with Gasteiger partial charge >= 0.3 is 5.91 Å². The maximum Gasteiger partial charge on any atom is 0.326 e. The van der Waals surface area contributed by atoms with Gasteiger partial charge in [0.05, 0.1) is 10.1 Å². The van der Waals surface area contributed by atoms with Crippen LogP contribution in [0.4, 0.5) is 5.69 Å². The molecule has 0 saturated heterocycles. The second kappa shape index (κ2) is 4.97. The fourth-order valence-electron chi connectivity index (χ4n) is 1.16. The van der Waals surface area contributed by atoms with Crippen molar-refractivity contribution in [1.29, 1.82) is 5.26 Å². The molecule has 0 saturated carbocycles. The highest BCUT2D eigenvalue weighted by molar-refractivity contribution is 7.92. The molecule has 5 nitrogen and oxygen atoms in total. The van der Waals surface area contributed by atoms with Crippen molar-refractivity contribution in [2.24, 2.45) is 0 Å². The van der Waals surface area contributed by atoms with Crippen molar-refractivity contribution in [2.45, 2.75) is 24.0 Å². The van der Waals surface area contributed by atoms with Crippen LogP contribution in [-0.2, 0) is 14.6 Å². The number of carbonyl (C=O) groups is 1. The summed E-state index contributed by atoms with van der Waals surface area (Å²) in [4.78, 5) is 11.0. The zero-order valence-corrected chi connectivity index (χ0v) is 10.3. The van der Waals surface area contributed by atoms with E-state index >= 15 is 0 Å². The molecule has 1 N–H and O–H groups in total. The summed E-state index contributed by atoms with van der Waals surface area (Å²) in [6.45, 7) is 3.20. The number of benzene rings is 1. The zero-order valence-electron chi connectivity index (χ0n) is 9.47. The Bertz CT molecular complexity index is 553. The summed E-state index contributed by atoms with van der Waals surface area (Å²) >= 11 is 0. The molecule has 0 atom stereocenters. The Labute approximate surface area is 100.0 Å². The molecule has 0 aliphatic carbocycles. The van der Waals surface area contributed by atoms with Crippen molar-refractivity contribution >= 4 is 21.4 Å². The smallest absolute Gasteiger partial charge is 0.313 e. The van der Waals surface area contributed by atoms with Crippen LogP contribution in [0, 0.1) is 11.3 Å². The summed E-state index contributed by atoms with van der Waals surface area (Å²) in [7, 11) is -3.31. The number of sulfone groups is 1. The maximum absolute atomic E-state index is 11.8. The van der Waals surface area contributed by atoms with Crippen molar-refractivity contribution in [3.05, 3.63) is 24.3 Å². The molecule has 0 aromatic heterocycles. The largest absolute Gasteiger partial charge is 0.326 e. The van der Waals surface area contributed by atoms with Crippen LogP contribution in [0.5, 0.6) is 0 Å². The Morgan fingerprint density at radius 3 is 2.24 bits per heavy atom. The van der Waals surface area contributed by atoms with E-state index in [2.05, 4.69) is 5.32 Å². The normalized spacial score (nSPS) is 10.9. The molecular weight excluding hydrogens is 240 g/mol. The average molecular weight is 252 g/mol. The van der Waals surface area contributed by atoms with Crippen LogP contribution in [0.1, 0.15) is 13.8 Å². The third-order valence-electron chi connectivity index (χ3n) is 2.16. The first-order valence-corrected chi connectivity index (χ1v) is 6.47. The molecule has 0 unspecified atom stereocenters. The highest BCUT2D eigenvalue weighted by atomic mass is 32.2. The first-order chi connectivity index (χ1) is 7.87. The van der Waals surface area contributed by atoms with Crippen LogP contribution in [0.15, 0.2) is 29.2 Å².